The van der Waals surface area contributed by atoms with E-state index in [4.69, 9.17) is 4.74 Å². The fourth-order valence-electron chi connectivity index (χ4n) is 2.30. The highest BCUT2D eigenvalue weighted by atomic mass is 16.5. The van der Waals surface area contributed by atoms with Crippen LogP contribution in [0.2, 0.25) is 0 Å². The van der Waals surface area contributed by atoms with E-state index < -0.39 is 0 Å². The Labute approximate surface area is 133 Å². The molecule has 1 aromatic heterocycles. The van der Waals surface area contributed by atoms with Crippen LogP contribution >= 0.6 is 0 Å². The Morgan fingerprint density at radius 1 is 1.09 bits per heavy atom. The molecule has 0 amide bonds. The molecule has 0 spiro atoms. The largest absolute Gasteiger partial charge is 0.497 e. The number of nitrogens with zero attached hydrogens (tertiary/aromatic N) is 1. The van der Waals surface area contributed by atoms with Crippen LogP contribution in [0, 0.1) is 0 Å². The van der Waals surface area contributed by atoms with Crippen LogP contribution in [0.4, 0.5) is 0 Å². The van der Waals surface area contributed by atoms with Crippen LogP contribution in [0.5, 0.6) is 5.75 Å². The molecule has 0 fully saturated rings. The molecule has 0 bridgehead atoms. The Bertz CT molecular complexity index is 864. The summed E-state index contributed by atoms with van der Waals surface area (Å²) in [4.78, 5) is 11.4. The topological polar surface area (TPSA) is 64.2 Å². The van der Waals surface area contributed by atoms with Crippen LogP contribution in [0.15, 0.2) is 42.5 Å². The van der Waals surface area contributed by atoms with Crippen molar-refractivity contribution in [2.45, 2.75) is 0 Å². The Hall–Kier alpha value is -3.08. The number of H-pyrrole nitrogens is 1. The van der Waals surface area contributed by atoms with Gasteiger partial charge in [0.05, 0.1) is 31.0 Å². The van der Waals surface area contributed by atoms with E-state index in [1.807, 2.05) is 42.5 Å². The summed E-state index contributed by atoms with van der Waals surface area (Å²) in [6.07, 6.45) is 3.87. The fourth-order valence-corrected chi connectivity index (χ4v) is 2.30. The number of benzene rings is 2. The van der Waals surface area contributed by atoms with Gasteiger partial charge in [0.25, 0.3) is 0 Å². The molecule has 116 valence electrons. The maximum Gasteiger partial charge on any atom is 0.337 e. The Balaban J connectivity index is 1.84. The van der Waals surface area contributed by atoms with Gasteiger partial charge in [-0.15, -0.1) is 0 Å². The van der Waals surface area contributed by atoms with Gasteiger partial charge in [-0.2, -0.15) is 5.10 Å². The molecule has 0 atom stereocenters. The van der Waals surface area contributed by atoms with E-state index in [0.29, 0.717) is 5.56 Å². The van der Waals surface area contributed by atoms with Gasteiger partial charge in [0, 0.05) is 11.5 Å². The average molecular weight is 308 g/mol. The average Bonchev–Trinajstić information content (AvgIpc) is 3.01. The third kappa shape index (κ3) is 3.08. The highest BCUT2D eigenvalue weighted by Gasteiger charge is 2.05. The monoisotopic (exact) mass is 308 g/mol. The maximum absolute atomic E-state index is 11.4. The van der Waals surface area contributed by atoms with Gasteiger partial charge in [0.1, 0.15) is 5.75 Å². The summed E-state index contributed by atoms with van der Waals surface area (Å²) in [5.74, 6) is 0.447. The number of esters is 1. The highest BCUT2D eigenvalue weighted by molar-refractivity contribution is 5.91. The molecule has 3 rings (SSSR count). The summed E-state index contributed by atoms with van der Waals surface area (Å²) in [6.45, 7) is 0. The lowest BCUT2D eigenvalue weighted by Crippen LogP contribution is -2.00. The SMILES string of the molecule is COC(=O)c1ccc(/C=C/c2n[nH]c3cc(OC)ccc23)cc1. The van der Waals surface area contributed by atoms with Gasteiger partial charge in [-0.1, -0.05) is 18.2 Å². The third-order valence-electron chi connectivity index (χ3n) is 3.56. The maximum atomic E-state index is 11.4. The van der Waals surface area contributed by atoms with Crippen molar-refractivity contribution >= 4 is 29.0 Å². The molecule has 0 saturated heterocycles. The van der Waals surface area contributed by atoms with Crippen molar-refractivity contribution in [1.29, 1.82) is 0 Å². The summed E-state index contributed by atoms with van der Waals surface area (Å²) in [7, 11) is 3.00. The summed E-state index contributed by atoms with van der Waals surface area (Å²) in [6, 6.07) is 13.0. The first-order valence-electron chi connectivity index (χ1n) is 7.10. The summed E-state index contributed by atoms with van der Waals surface area (Å²) >= 11 is 0. The first kappa shape index (κ1) is 14.8. The molecule has 5 heteroatoms. The van der Waals surface area contributed by atoms with Crippen molar-refractivity contribution < 1.29 is 14.3 Å². The molecule has 5 nitrogen and oxygen atoms in total. The van der Waals surface area contributed by atoms with Crippen LogP contribution in [0.3, 0.4) is 0 Å². The number of methoxy groups -OCH3 is 2. The number of fused-ring (bicyclic) bond motifs is 1. The van der Waals surface area contributed by atoms with E-state index in [2.05, 4.69) is 14.9 Å². The van der Waals surface area contributed by atoms with E-state index in [1.165, 1.54) is 7.11 Å². The van der Waals surface area contributed by atoms with Crippen molar-refractivity contribution in [2.75, 3.05) is 14.2 Å². The highest BCUT2D eigenvalue weighted by Crippen LogP contribution is 2.22. The van der Waals surface area contributed by atoms with Crippen molar-refractivity contribution in [3.63, 3.8) is 0 Å². The van der Waals surface area contributed by atoms with Gasteiger partial charge < -0.3 is 9.47 Å². The number of carbonyl (C=O) groups is 1. The van der Waals surface area contributed by atoms with Gasteiger partial charge in [-0.25, -0.2) is 4.79 Å². The molecule has 0 aliphatic heterocycles. The minimum Gasteiger partial charge on any atom is -0.497 e. The van der Waals surface area contributed by atoms with E-state index >= 15 is 0 Å². The van der Waals surface area contributed by atoms with Crippen LogP contribution < -0.4 is 4.74 Å². The molecule has 0 radical (unpaired) electrons. The van der Waals surface area contributed by atoms with Gasteiger partial charge in [0.15, 0.2) is 0 Å². The molecule has 1 heterocycles. The van der Waals surface area contributed by atoms with Crippen LogP contribution in [0.25, 0.3) is 23.1 Å². The number of ether oxygens (including phenoxy) is 2. The second kappa shape index (κ2) is 6.36. The number of nitrogens with one attached hydrogen (secondary N) is 1. The van der Waals surface area contributed by atoms with E-state index in [1.54, 1.807) is 19.2 Å². The zero-order valence-corrected chi connectivity index (χ0v) is 12.9. The van der Waals surface area contributed by atoms with Crippen molar-refractivity contribution in [2.24, 2.45) is 0 Å². The molecule has 0 aliphatic carbocycles. The molecule has 0 unspecified atom stereocenters. The van der Waals surface area contributed by atoms with Crippen molar-refractivity contribution in [3.05, 3.63) is 59.3 Å². The van der Waals surface area contributed by atoms with Crippen molar-refractivity contribution in [1.82, 2.24) is 10.2 Å². The zero-order valence-electron chi connectivity index (χ0n) is 12.9. The number of aromatic nitrogens is 2. The predicted octanol–water partition coefficient (Wildman–Crippen LogP) is 3.53. The molecule has 3 aromatic rings. The van der Waals surface area contributed by atoms with Crippen molar-refractivity contribution in [3.8, 4) is 5.75 Å². The molecular formula is C18H16N2O3. The summed E-state index contributed by atoms with van der Waals surface area (Å²) < 4.78 is 9.88. The second-order valence-electron chi connectivity index (χ2n) is 4.97. The normalized spacial score (nSPS) is 11.0. The Morgan fingerprint density at radius 2 is 1.87 bits per heavy atom. The lowest BCUT2D eigenvalue weighted by molar-refractivity contribution is 0.0600. The van der Waals surface area contributed by atoms with E-state index in [9.17, 15) is 4.79 Å². The van der Waals surface area contributed by atoms with Crippen LogP contribution in [-0.2, 0) is 4.74 Å². The number of hydrogen-bond donors (Lipinski definition) is 1. The minimum atomic E-state index is -0.340. The van der Waals surface area contributed by atoms with E-state index in [-0.39, 0.29) is 5.97 Å². The number of carbonyl (C=O) groups excluding carboxylic acids is 1. The van der Waals surface area contributed by atoms with Gasteiger partial charge >= 0.3 is 5.97 Å². The lowest BCUT2D eigenvalue weighted by Gasteiger charge is -1.99. The number of aromatic amines is 1. The van der Waals surface area contributed by atoms with Gasteiger partial charge in [-0.05, 0) is 35.9 Å². The fraction of sp³-hybridized carbons (Fsp3) is 0.111. The first-order chi connectivity index (χ1) is 11.2. The molecule has 2 aromatic carbocycles. The Kier molecular flexibility index (Phi) is 4.10. The first-order valence-corrected chi connectivity index (χ1v) is 7.10. The van der Waals surface area contributed by atoms with Crippen LogP contribution in [0.1, 0.15) is 21.6 Å². The van der Waals surface area contributed by atoms with Crippen LogP contribution in [-0.4, -0.2) is 30.4 Å². The third-order valence-corrected chi connectivity index (χ3v) is 3.56. The summed E-state index contributed by atoms with van der Waals surface area (Å²) in [5, 5.41) is 8.31. The molecule has 23 heavy (non-hydrogen) atoms. The molecule has 0 saturated carbocycles. The quantitative estimate of drug-likeness (QED) is 0.749. The minimum absolute atomic E-state index is 0.340. The standard InChI is InChI=1S/C18H16N2O3/c1-22-14-8-9-15-16(19-20-17(15)11-14)10-5-12-3-6-13(7-4-12)18(21)23-2/h3-11H,1-2H3,(H,19,20)/b10-5+. The molecule has 0 aliphatic rings. The molecule has 1 N–H and O–H groups in total. The second-order valence-corrected chi connectivity index (χ2v) is 4.97. The number of hydrogen-bond acceptors (Lipinski definition) is 4. The molecular weight excluding hydrogens is 292 g/mol. The number of rotatable bonds is 4. The predicted molar refractivity (Wildman–Crippen MR) is 89.4 cm³/mol. The smallest absolute Gasteiger partial charge is 0.337 e. The van der Waals surface area contributed by atoms with Gasteiger partial charge in [0.2, 0.25) is 0 Å². The van der Waals surface area contributed by atoms with E-state index in [0.717, 1.165) is 27.9 Å². The Morgan fingerprint density at radius 3 is 2.57 bits per heavy atom. The van der Waals surface area contributed by atoms with Gasteiger partial charge in [-0.3, -0.25) is 5.10 Å². The lowest BCUT2D eigenvalue weighted by atomic mass is 10.1. The zero-order chi connectivity index (χ0) is 16.2. The summed E-state index contributed by atoms with van der Waals surface area (Å²) in [5.41, 5.74) is 3.27.